The molecule has 0 saturated carbocycles. The van der Waals surface area contributed by atoms with Gasteiger partial charge in [0, 0.05) is 13.2 Å². The molecule has 1 N–H and O–H groups in total. The minimum absolute atomic E-state index is 0.0698. The van der Waals surface area contributed by atoms with Gasteiger partial charge in [0.25, 0.3) is 10.0 Å². The first-order chi connectivity index (χ1) is 14.1. The Bertz CT molecular complexity index is 1110. The van der Waals surface area contributed by atoms with Gasteiger partial charge in [-0.3, -0.25) is 5.32 Å². The van der Waals surface area contributed by atoms with E-state index in [1.54, 1.807) is 6.92 Å². The number of amides is 2. The van der Waals surface area contributed by atoms with Crippen molar-refractivity contribution in [3.05, 3.63) is 24.4 Å². The van der Waals surface area contributed by atoms with Crippen molar-refractivity contribution < 1.29 is 31.1 Å². The SMILES string of the molecule is CCCS(=O)(=O)c1cccnc1S(=O)(=O)N(C)C(=O)Nc1nc(OC)cc(OC)n1. The summed E-state index contributed by atoms with van der Waals surface area (Å²) in [7, 11) is -4.90. The van der Waals surface area contributed by atoms with E-state index in [2.05, 4.69) is 20.3 Å². The predicted molar refractivity (Wildman–Crippen MR) is 106 cm³/mol. The summed E-state index contributed by atoms with van der Waals surface area (Å²) in [4.78, 5) is 23.5. The van der Waals surface area contributed by atoms with E-state index in [9.17, 15) is 21.6 Å². The summed E-state index contributed by atoms with van der Waals surface area (Å²) in [6, 6.07) is 2.65. The number of nitrogens with zero attached hydrogens (tertiary/aromatic N) is 4. The van der Waals surface area contributed by atoms with E-state index < -0.39 is 35.8 Å². The summed E-state index contributed by atoms with van der Waals surface area (Å²) in [5.41, 5.74) is 0. The van der Waals surface area contributed by atoms with Gasteiger partial charge in [0.05, 0.1) is 26.0 Å². The van der Waals surface area contributed by atoms with Gasteiger partial charge < -0.3 is 9.47 Å². The predicted octanol–water partition coefficient (Wildman–Crippen LogP) is 0.925. The summed E-state index contributed by atoms with van der Waals surface area (Å²) < 4.78 is 61.0. The number of urea groups is 1. The Kier molecular flexibility index (Phi) is 7.15. The highest BCUT2D eigenvalue weighted by molar-refractivity contribution is 7.93. The van der Waals surface area contributed by atoms with E-state index in [4.69, 9.17) is 9.47 Å². The molecule has 0 radical (unpaired) electrons. The highest BCUT2D eigenvalue weighted by atomic mass is 32.2. The second-order valence-corrected chi connectivity index (χ2v) is 9.77. The number of nitrogens with one attached hydrogen (secondary N) is 1. The Labute approximate surface area is 174 Å². The number of sulfone groups is 1. The van der Waals surface area contributed by atoms with E-state index in [0.717, 1.165) is 19.3 Å². The molecule has 2 heterocycles. The molecule has 0 unspecified atom stereocenters. The molecule has 0 aliphatic carbocycles. The first kappa shape index (κ1) is 23.3. The number of carbonyl (C=O) groups excluding carboxylic acids is 1. The van der Waals surface area contributed by atoms with Crippen LogP contribution in [0, 0.1) is 0 Å². The van der Waals surface area contributed by atoms with Gasteiger partial charge in [-0.2, -0.15) is 18.4 Å². The molecule has 0 aliphatic heterocycles. The van der Waals surface area contributed by atoms with E-state index in [0.29, 0.717) is 4.31 Å². The number of aromatic nitrogens is 3. The molecule has 2 aromatic heterocycles. The highest BCUT2D eigenvalue weighted by Crippen LogP contribution is 2.24. The Morgan fingerprint density at radius 3 is 2.27 bits per heavy atom. The zero-order chi connectivity index (χ0) is 22.5. The zero-order valence-corrected chi connectivity index (χ0v) is 18.3. The van der Waals surface area contributed by atoms with Crippen molar-refractivity contribution in [1.82, 2.24) is 19.3 Å². The molecule has 30 heavy (non-hydrogen) atoms. The molecule has 2 aromatic rings. The van der Waals surface area contributed by atoms with Gasteiger partial charge >= 0.3 is 6.03 Å². The standard InChI is InChI=1S/C16H21N5O7S2/c1-5-9-29(23,24)11-7-6-8-17-14(11)30(25,26)21(2)16(22)20-15-18-12(27-3)10-13(19-15)28-4/h6-8,10H,5,9H2,1-4H3,(H,18,19,20,22). The quantitative estimate of drug-likeness (QED) is 0.602. The van der Waals surface area contributed by atoms with Crippen molar-refractivity contribution in [2.45, 2.75) is 23.3 Å². The van der Waals surface area contributed by atoms with Crippen molar-refractivity contribution in [2.75, 3.05) is 32.3 Å². The fourth-order valence-corrected chi connectivity index (χ4v) is 5.37. The molecule has 0 aliphatic rings. The third-order valence-corrected chi connectivity index (χ3v) is 7.53. The number of ether oxygens (including phenoxy) is 2. The van der Waals surface area contributed by atoms with Gasteiger partial charge in [-0.05, 0) is 18.6 Å². The van der Waals surface area contributed by atoms with Gasteiger partial charge in [0.1, 0.15) is 4.90 Å². The number of carbonyl (C=O) groups is 1. The molecular weight excluding hydrogens is 438 g/mol. The largest absolute Gasteiger partial charge is 0.481 e. The van der Waals surface area contributed by atoms with Crippen LogP contribution in [0.2, 0.25) is 0 Å². The van der Waals surface area contributed by atoms with Crippen LogP contribution >= 0.6 is 0 Å². The van der Waals surface area contributed by atoms with Crippen molar-refractivity contribution in [1.29, 1.82) is 0 Å². The lowest BCUT2D eigenvalue weighted by molar-refractivity contribution is 0.240. The summed E-state index contributed by atoms with van der Waals surface area (Å²) in [5, 5.41) is 1.45. The Balaban J connectivity index is 2.40. The summed E-state index contributed by atoms with van der Waals surface area (Å²) >= 11 is 0. The smallest absolute Gasteiger partial charge is 0.337 e. The van der Waals surface area contributed by atoms with Crippen LogP contribution < -0.4 is 14.8 Å². The van der Waals surface area contributed by atoms with Gasteiger partial charge in [0.2, 0.25) is 17.7 Å². The van der Waals surface area contributed by atoms with Crippen molar-refractivity contribution in [3.63, 3.8) is 0 Å². The highest BCUT2D eigenvalue weighted by Gasteiger charge is 2.33. The maximum Gasteiger partial charge on any atom is 0.337 e. The molecule has 2 amide bonds. The minimum atomic E-state index is -4.61. The lowest BCUT2D eigenvalue weighted by atomic mass is 10.5. The van der Waals surface area contributed by atoms with Crippen LogP contribution in [0.25, 0.3) is 0 Å². The second kappa shape index (κ2) is 9.21. The van der Waals surface area contributed by atoms with E-state index in [1.807, 2.05) is 0 Å². The molecule has 12 nitrogen and oxygen atoms in total. The van der Waals surface area contributed by atoms with E-state index >= 15 is 0 Å². The van der Waals surface area contributed by atoms with Crippen LogP contribution in [0.15, 0.2) is 34.3 Å². The Morgan fingerprint density at radius 2 is 1.73 bits per heavy atom. The van der Waals surface area contributed by atoms with E-state index in [1.165, 1.54) is 26.4 Å². The molecule has 0 saturated heterocycles. The van der Waals surface area contributed by atoms with Crippen LogP contribution in [0.4, 0.5) is 10.7 Å². The molecule has 0 bridgehead atoms. The number of pyridine rings is 1. The van der Waals surface area contributed by atoms with Crippen LogP contribution in [0.1, 0.15) is 13.3 Å². The number of anilines is 1. The van der Waals surface area contributed by atoms with Gasteiger partial charge in [-0.25, -0.2) is 22.5 Å². The van der Waals surface area contributed by atoms with Crippen molar-refractivity contribution >= 4 is 31.8 Å². The Morgan fingerprint density at radius 1 is 1.13 bits per heavy atom. The number of hydrogen-bond acceptors (Lipinski definition) is 10. The maximum atomic E-state index is 12.9. The monoisotopic (exact) mass is 459 g/mol. The zero-order valence-electron chi connectivity index (χ0n) is 16.7. The third-order valence-electron chi connectivity index (χ3n) is 3.75. The molecule has 0 spiro atoms. The lowest BCUT2D eigenvalue weighted by Gasteiger charge is -2.19. The molecule has 2 rings (SSSR count). The first-order valence-corrected chi connectivity index (χ1v) is 11.6. The third kappa shape index (κ3) is 4.94. The number of methoxy groups -OCH3 is 2. The minimum Gasteiger partial charge on any atom is -0.481 e. The molecule has 0 atom stereocenters. The number of rotatable bonds is 8. The topological polar surface area (TPSA) is 158 Å². The Hall–Kier alpha value is -3.00. The van der Waals surface area contributed by atoms with Crippen LogP contribution in [0.3, 0.4) is 0 Å². The van der Waals surface area contributed by atoms with Crippen LogP contribution in [0.5, 0.6) is 11.8 Å². The molecule has 0 fully saturated rings. The lowest BCUT2D eigenvalue weighted by Crippen LogP contribution is -2.38. The average Bonchev–Trinajstić information content (AvgIpc) is 2.72. The molecular formula is C16H21N5O7S2. The van der Waals surface area contributed by atoms with Gasteiger partial charge in [-0.1, -0.05) is 6.92 Å². The molecule has 14 heteroatoms. The maximum absolute atomic E-state index is 12.9. The number of hydrogen-bond donors (Lipinski definition) is 1. The fraction of sp³-hybridized carbons (Fsp3) is 0.375. The first-order valence-electron chi connectivity index (χ1n) is 8.51. The van der Waals surface area contributed by atoms with Gasteiger partial charge in [0.15, 0.2) is 14.9 Å². The van der Waals surface area contributed by atoms with Crippen molar-refractivity contribution in [3.8, 4) is 11.8 Å². The van der Waals surface area contributed by atoms with E-state index in [-0.39, 0.29) is 29.9 Å². The van der Waals surface area contributed by atoms with Gasteiger partial charge in [-0.15, -0.1) is 0 Å². The summed E-state index contributed by atoms with van der Waals surface area (Å²) in [6.07, 6.45) is 1.40. The average molecular weight is 460 g/mol. The normalized spacial score (nSPS) is 11.6. The second-order valence-electron chi connectivity index (χ2n) is 5.80. The fourth-order valence-electron chi connectivity index (χ4n) is 2.27. The molecule has 0 aromatic carbocycles. The number of sulfonamides is 1. The summed E-state index contributed by atoms with van der Waals surface area (Å²) in [6.45, 7) is 1.64. The molecule has 164 valence electrons. The van der Waals surface area contributed by atoms with Crippen LogP contribution in [-0.2, 0) is 19.9 Å². The van der Waals surface area contributed by atoms with Crippen LogP contribution in [-0.4, -0.2) is 69.1 Å². The summed E-state index contributed by atoms with van der Waals surface area (Å²) in [5.74, 6) is -0.409. The van der Waals surface area contributed by atoms with Crippen molar-refractivity contribution in [2.24, 2.45) is 0 Å².